The maximum Gasteiger partial charge on any atom is 0.0722 e. The van der Waals surface area contributed by atoms with Crippen molar-refractivity contribution in [2.45, 2.75) is 39.4 Å². The van der Waals surface area contributed by atoms with Crippen molar-refractivity contribution in [3.05, 3.63) is 58.5 Å². The molecule has 4 heteroatoms. The lowest BCUT2D eigenvalue weighted by Crippen LogP contribution is -2.29. The molecule has 2 aromatic heterocycles. The van der Waals surface area contributed by atoms with E-state index in [4.69, 9.17) is 0 Å². The van der Waals surface area contributed by atoms with Gasteiger partial charge in [-0.15, -0.1) is 0 Å². The van der Waals surface area contributed by atoms with Crippen LogP contribution in [0, 0.1) is 13.8 Å². The summed E-state index contributed by atoms with van der Waals surface area (Å²) in [6.45, 7) is 7.42. The van der Waals surface area contributed by atoms with Gasteiger partial charge in [-0.05, 0) is 55.8 Å². The summed E-state index contributed by atoms with van der Waals surface area (Å²) in [7, 11) is 2.22. The Balaban J connectivity index is 1.68. The molecule has 4 heterocycles. The van der Waals surface area contributed by atoms with Crippen molar-refractivity contribution in [1.29, 1.82) is 0 Å². The van der Waals surface area contributed by atoms with Crippen LogP contribution in [0.3, 0.4) is 0 Å². The van der Waals surface area contributed by atoms with Gasteiger partial charge in [0.05, 0.1) is 17.2 Å². The van der Waals surface area contributed by atoms with Gasteiger partial charge in [-0.1, -0.05) is 6.07 Å². The van der Waals surface area contributed by atoms with E-state index in [-0.39, 0.29) is 6.04 Å². The van der Waals surface area contributed by atoms with E-state index in [1.165, 1.54) is 39.0 Å². The molecule has 25 heavy (non-hydrogen) atoms. The Kier molecular flexibility index (Phi) is 3.19. The van der Waals surface area contributed by atoms with E-state index >= 15 is 0 Å². The van der Waals surface area contributed by atoms with Gasteiger partial charge in [0.2, 0.25) is 0 Å². The number of rotatable bonds is 1. The molecule has 3 aromatic rings. The lowest BCUT2D eigenvalue weighted by atomic mass is 10.0. The normalized spacial score (nSPS) is 19.7. The molecule has 5 rings (SSSR count). The number of aromatic nitrogens is 2. The zero-order valence-electron chi connectivity index (χ0n) is 15.1. The maximum atomic E-state index is 4.51. The van der Waals surface area contributed by atoms with E-state index in [9.17, 15) is 0 Å². The van der Waals surface area contributed by atoms with Crippen LogP contribution in [0.1, 0.15) is 34.1 Å². The molecule has 0 saturated carbocycles. The van der Waals surface area contributed by atoms with Gasteiger partial charge < -0.3 is 14.8 Å². The van der Waals surface area contributed by atoms with E-state index in [1.807, 2.05) is 13.1 Å². The number of hydrogen-bond donors (Lipinski definition) is 1. The highest BCUT2D eigenvalue weighted by Gasteiger charge is 2.29. The van der Waals surface area contributed by atoms with Crippen LogP contribution in [-0.4, -0.2) is 28.0 Å². The summed E-state index contributed by atoms with van der Waals surface area (Å²) < 4.78 is 2.58. The molecule has 4 nitrogen and oxygen atoms in total. The molecule has 128 valence electrons. The third-order valence-electron chi connectivity index (χ3n) is 5.71. The second-order valence-corrected chi connectivity index (χ2v) is 7.66. The molecular formula is C21H24N4. The number of likely N-dealkylation sites (N-methyl/N-ethyl adjacent to an activating group) is 1. The van der Waals surface area contributed by atoms with Gasteiger partial charge in [-0.25, -0.2) is 0 Å². The van der Waals surface area contributed by atoms with E-state index in [1.54, 1.807) is 0 Å². The van der Waals surface area contributed by atoms with E-state index in [0.717, 1.165) is 31.7 Å². The lowest BCUT2D eigenvalue weighted by Gasteiger charge is -2.30. The van der Waals surface area contributed by atoms with Crippen molar-refractivity contribution in [1.82, 2.24) is 14.5 Å². The van der Waals surface area contributed by atoms with Crippen molar-refractivity contribution < 1.29 is 0 Å². The fourth-order valence-electron chi connectivity index (χ4n) is 4.46. The molecule has 0 spiro atoms. The van der Waals surface area contributed by atoms with Crippen LogP contribution in [-0.2, 0) is 19.5 Å². The summed E-state index contributed by atoms with van der Waals surface area (Å²) in [6, 6.07) is 9.26. The maximum absolute atomic E-state index is 4.51. The van der Waals surface area contributed by atoms with Gasteiger partial charge >= 0.3 is 0 Å². The molecule has 1 aromatic carbocycles. The molecule has 0 saturated heterocycles. The predicted octanol–water partition coefficient (Wildman–Crippen LogP) is 3.81. The predicted molar refractivity (Wildman–Crippen MR) is 102 cm³/mol. The van der Waals surface area contributed by atoms with Crippen molar-refractivity contribution >= 4 is 16.6 Å². The van der Waals surface area contributed by atoms with Crippen LogP contribution >= 0.6 is 0 Å². The number of nitrogens with zero attached hydrogens (tertiary/aromatic N) is 3. The second kappa shape index (κ2) is 5.33. The summed E-state index contributed by atoms with van der Waals surface area (Å²) in [5.74, 6) is 0. The first-order valence-electron chi connectivity index (χ1n) is 9.12. The molecule has 1 N–H and O–H groups in total. The average Bonchev–Trinajstić information content (AvgIpc) is 2.89. The van der Waals surface area contributed by atoms with Gasteiger partial charge in [0.1, 0.15) is 0 Å². The Labute approximate surface area is 148 Å². The van der Waals surface area contributed by atoms with Crippen LogP contribution < -0.4 is 5.32 Å². The molecule has 0 bridgehead atoms. The van der Waals surface area contributed by atoms with Crippen LogP contribution in [0.2, 0.25) is 0 Å². The van der Waals surface area contributed by atoms with Crippen LogP contribution in [0.5, 0.6) is 0 Å². The molecule has 2 aliphatic heterocycles. The van der Waals surface area contributed by atoms with Crippen molar-refractivity contribution in [3.63, 3.8) is 0 Å². The molecule has 0 radical (unpaired) electrons. The number of fused-ring (bicyclic) bond motifs is 3. The summed E-state index contributed by atoms with van der Waals surface area (Å²) in [5, 5.41) is 5.22. The number of anilines is 1. The Hall–Kier alpha value is -2.33. The summed E-state index contributed by atoms with van der Waals surface area (Å²) in [5.41, 5.74) is 9.38. The highest BCUT2D eigenvalue weighted by molar-refractivity contribution is 5.97. The van der Waals surface area contributed by atoms with E-state index in [0.29, 0.717) is 0 Å². The standard InChI is InChI=1S/C21H24N4/c1-13-8-16-17-11-24(3)7-6-20(17)25-12-19(23-18(9-13)21(16)25)15-5-4-14(2)22-10-15/h4-5,8-10,19,23H,6-7,11-12H2,1-3H3. The molecule has 1 unspecified atom stereocenters. The van der Waals surface area contributed by atoms with Crippen molar-refractivity contribution in [2.75, 3.05) is 18.9 Å². The van der Waals surface area contributed by atoms with Crippen molar-refractivity contribution in [3.8, 4) is 0 Å². The average molecular weight is 332 g/mol. The van der Waals surface area contributed by atoms with Gasteiger partial charge in [0.15, 0.2) is 0 Å². The van der Waals surface area contributed by atoms with Crippen LogP contribution in [0.15, 0.2) is 30.5 Å². The first-order chi connectivity index (χ1) is 12.1. The molecule has 0 aliphatic carbocycles. The topological polar surface area (TPSA) is 33.1 Å². The zero-order chi connectivity index (χ0) is 17.1. The summed E-state index contributed by atoms with van der Waals surface area (Å²) in [6.07, 6.45) is 3.16. The van der Waals surface area contributed by atoms with Crippen LogP contribution in [0.25, 0.3) is 10.9 Å². The molecular weight excluding hydrogens is 308 g/mol. The fourth-order valence-corrected chi connectivity index (χ4v) is 4.46. The number of nitrogens with one attached hydrogen (secondary N) is 1. The largest absolute Gasteiger partial charge is 0.375 e. The second-order valence-electron chi connectivity index (χ2n) is 7.66. The number of pyridine rings is 1. The quantitative estimate of drug-likeness (QED) is 0.736. The Morgan fingerprint density at radius 2 is 2.08 bits per heavy atom. The number of benzene rings is 1. The summed E-state index contributed by atoms with van der Waals surface area (Å²) in [4.78, 5) is 6.94. The SMILES string of the molecule is Cc1cc2c3c(c1)c1c(n3CC(c3ccc(C)nc3)N2)CCN(C)C1. The van der Waals surface area contributed by atoms with Gasteiger partial charge in [-0.3, -0.25) is 4.98 Å². The number of hydrogen-bond acceptors (Lipinski definition) is 3. The third kappa shape index (κ3) is 2.28. The minimum absolute atomic E-state index is 0.279. The molecule has 0 amide bonds. The first-order valence-corrected chi connectivity index (χ1v) is 9.12. The molecule has 0 fully saturated rings. The monoisotopic (exact) mass is 332 g/mol. The lowest BCUT2D eigenvalue weighted by molar-refractivity contribution is 0.308. The van der Waals surface area contributed by atoms with Gasteiger partial charge in [0.25, 0.3) is 0 Å². The molecule has 1 atom stereocenters. The fraction of sp³-hybridized carbons (Fsp3) is 0.381. The zero-order valence-corrected chi connectivity index (χ0v) is 15.1. The third-order valence-corrected chi connectivity index (χ3v) is 5.71. The minimum Gasteiger partial charge on any atom is -0.375 e. The smallest absolute Gasteiger partial charge is 0.0722 e. The number of aryl methyl sites for hydroxylation is 2. The summed E-state index contributed by atoms with van der Waals surface area (Å²) >= 11 is 0. The highest BCUT2D eigenvalue weighted by atomic mass is 15.1. The minimum atomic E-state index is 0.279. The van der Waals surface area contributed by atoms with E-state index in [2.05, 4.69) is 58.0 Å². The van der Waals surface area contributed by atoms with Crippen LogP contribution in [0.4, 0.5) is 5.69 Å². The molecule has 2 aliphatic rings. The van der Waals surface area contributed by atoms with E-state index < -0.39 is 0 Å². The Bertz CT molecular complexity index is 968. The van der Waals surface area contributed by atoms with Gasteiger partial charge in [0, 0.05) is 49.0 Å². The highest BCUT2D eigenvalue weighted by Crippen LogP contribution is 2.41. The Morgan fingerprint density at radius 3 is 2.88 bits per heavy atom. The van der Waals surface area contributed by atoms with Gasteiger partial charge in [-0.2, -0.15) is 0 Å². The van der Waals surface area contributed by atoms with Crippen molar-refractivity contribution in [2.24, 2.45) is 0 Å². The Morgan fingerprint density at radius 1 is 1.20 bits per heavy atom. The first kappa shape index (κ1) is 15.0.